The average molecular weight is 218 g/mol. The van der Waals surface area contributed by atoms with E-state index in [1.807, 2.05) is 4.90 Å². The van der Waals surface area contributed by atoms with Gasteiger partial charge in [0.2, 0.25) is 5.91 Å². The molecule has 0 N–H and O–H groups in total. The number of amides is 1. The summed E-state index contributed by atoms with van der Waals surface area (Å²) in [6.07, 6.45) is 4.61. The van der Waals surface area contributed by atoms with Gasteiger partial charge < -0.3 is 4.90 Å². The van der Waals surface area contributed by atoms with E-state index in [4.69, 9.17) is 5.26 Å². The van der Waals surface area contributed by atoms with Gasteiger partial charge in [0.25, 0.3) is 0 Å². The lowest BCUT2D eigenvalue weighted by molar-refractivity contribution is -0.134. The summed E-state index contributed by atoms with van der Waals surface area (Å²) in [6, 6.07) is 2.17. The van der Waals surface area contributed by atoms with Crippen molar-refractivity contribution >= 4 is 5.91 Å². The van der Waals surface area contributed by atoms with Crippen LogP contribution in [0.5, 0.6) is 0 Å². The summed E-state index contributed by atoms with van der Waals surface area (Å²) in [7, 11) is 0. The Hall–Kier alpha value is -1.30. The second-order valence-electron chi connectivity index (χ2n) is 5.13. The van der Waals surface area contributed by atoms with Gasteiger partial charge >= 0.3 is 0 Å². The molecular weight excluding hydrogens is 200 g/mol. The van der Waals surface area contributed by atoms with Crippen molar-refractivity contribution in [2.24, 2.45) is 11.3 Å². The number of nitriles is 1. The Bertz CT molecular complexity index is 372. The van der Waals surface area contributed by atoms with Gasteiger partial charge in [-0.15, -0.1) is 0 Å². The molecule has 0 radical (unpaired) electrons. The minimum Gasteiger partial charge on any atom is -0.337 e. The molecule has 3 nitrogen and oxygen atoms in total. The maximum atomic E-state index is 12.1. The summed E-state index contributed by atoms with van der Waals surface area (Å²) in [5.74, 6) is 0.622. The van der Waals surface area contributed by atoms with Gasteiger partial charge in [-0.05, 0) is 25.2 Å². The first-order chi connectivity index (χ1) is 7.59. The van der Waals surface area contributed by atoms with Crippen LogP contribution >= 0.6 is 0 Å². The molecule has 0 aromatic rings. The van der Waals surface area contributed by atoms with Crippen LogP contribution in [0.3, 0.4) is 0 Å². The molecule has 0 aromatic heterocycles. The predicted molar refractivity (Wildman–Crippen MR) is 61.4 cm³/mol. The third-order valence-electron chi connectivity index (χ3n) is 3.65. The van der Waals surface area contributed by atoms with Gasteiger partial charge in [0.1, 0.15) is 5.41 Å². The van der Waals surface area contributed by atoms with Crippen molar-refractivity contribution in [1.29, 1.82) is 5.26 Å². The van der Waals surface area contributed by atoms with Crippen LogP contribution in [-0.4, -0.2) is 23.9 Å². The van der Waals surface area contributed by atoms with Crippen LogP contribution in [0.15, 0.2) is 11.6 Å². The molecule has 0 aromatic carbocycles. The number of hydrogen-bond acceptors (Lipinski definition) is 2. The van der Waals surface area contributed by atoms with Crippen LogP contribution in [0, 0.1) is 22.7 Å². The fraction of sp³-hybridized carbons (Fsp3) is 0.692. The number of carbonyl (C=O) groups excluding carboxylic acids is 1. The lowest BCUT2D eigenvalue weighted by Gasteiger charge is -2.29. The number of hydrogen-bond donors (Lipinski definition) is 0. The highest BCUT2D eigenvalue weighted by Gasteiger charge is 2.52. The molecule has 1 aliphatic heterocycles. The lowest BCUT2D eigenvalue weighted by Crippen LogP contribution is -2.39. The summed E-state index contributed by atoms with van der Waals surface area (Å²) in [6.45, 7) is 5.84. The molecule has 2 aliphatic rings. The van der Waals surface area contributed by atoms with E-state index in [9.17, 15) is 4.79 Å². The average Bonchev–Trinajstić information content (AvgIpc) is 3.09. The summed E-state index contributed by atoms with van der Waals surface area (Å²) in [4.78, 5) is 13.9. The van der Waals surface area contributed by atoms with Gasteiger partial charge in [0.15, 0.2) is 0 Å². The number of carbonyl (C=O) groups is 1. The van der Waals surface area contributed by atoms with E-state index in [1.165, 1.54) is 5.57 Å². The number of nitrogens with zero attached hydrogens (tertiary/aromatic N) is 2. The highest BCUT2D eigenvalue weighted by molar-refractivity contribution is 5.88. The summed E-state index contributed by atoms with van der Waals surface area (Å²) in [5.41, 5.74) is 0.786. The van der Waals surface area contributed by atoms with Crippen LogP contribution < -0.4 is 0 Å². The lowest BCUT2D eigenvalue weighted by atomic mass is 9.96. The Morgan fingerprint density at radius 1 is 1.56 bits per heavy atom. The van der Waals surface area contributed by atoms with Gasteiger partial charge in [0.05, 0.1) is 6.07 Å². The van der Waals surface area contributed by atoms with Crippen LogP contribution in [-0.2, 0) is 4.79 Å². The molecular formula is C13H18N2O. The zero-order valence-corrected chi connectivity index (χ0v) is 9.99. The van der Waals surface area contributed by atoms with Crippen molar-refractivity contribution < 1.29 is 4.79 Å². The summed E-state index contributed by atoms with van der Waals surface area (Å²) in [5, 5.41) is 8.98. The smallest absolute Gasteiger partial charge is 0.243 e. The molecule has 0 spiro atoms. The molecule has 0 unspecified atom stereocenters. The zero-order valence-electron chi connectivity index (χ0n) is 9.99. The topological polar surface area (TPSA) is 44.1 Å². The van der Waals surface area contributed by atoms with Gasteiger partial charge in [-0.3, -0.25) is 4.79 Å². The second-order valence-corrected chi connectivity index (χ2v) is 5.13. The minimum atomic E-state index is -0.650. The predicted octanol–water partition coefficient (Wildman–Crippen LogP) is 2.10. The standard InChI is InChI=1S/C13H18N2O/c1-10(2)11-3-7-15(8-4-11)12(16)13(9-14)5-6-13/h3,10H,4-8H2,1-2H3. The quantitative estimate of drug-likeness (QED) is 0.666. The molecule has 2 rings (SSSR count). The van der Waals surface area contributed by atoms with E-state index in [1.54, 1.807) is 0 Å². The van der Waals surface area contributed by atoms with E-state index in [0.717, 1.165) is 25.8 Å². The third kappa shape index (κ3) is 1.84. The molecule has 0 atom stereocenters. The maximum absolute atomic E-state index is 12.1. The van der Waals surface area contributed by atoms with Crippen molar-refractivity contribution in [3.63, 3.8) is 0 Å². The molecule has 1 aliphatic carbocycles. The molecule has 1 saturated carbocycles. The van der Waals surface area contributed by atoms with E-state index >= 15 is 0 Å². The highest BCUT2D eigenvalue weighted by Crippen LogP contribution is 2.46. The van der Waals surface area contributed by atoms with E-state index < -0.39 is 5.41 Å². The Morgan fingerprint density at radius 2 is 2.25 bits per heavy atom. The molecule has 3 heteroatoms. The monoisotopic (exact) mass is 218 g/mol. The Kier molecular flexibility index (Phi) is 2.75. The van der Waals surface area contributed by atoms with Gasteiger partial charge in [0, 0.05) is 13.1 Å². The fourth-order valence-corrected chi connectivity index (χ4v) is 2.19. The Balaban J connectivity index is 2.00. The van der Waals surface area contributed by atoms with Gasteiger partial charge in [-0.1, -0.05) is 25.5 Å². The fourth-order valence-electron chi connectivity index (χ4n) is 2.19. The Morgan fingerprint density at radius 3 is 2.62 bits per heavy atom. The first-order valence-corrected chi connectivity index (χ1v) is 5.98. The van der Waals surface area contributed by atoms with Crippen LogP contribution in [0.4, 0.5) is 0 Å². The van der Waals surface area contributed by atoms with Crippen LogP contribution in [0.25, 0.3) is 0 Å². The van der Waals surface area contributed by atoms with Crippen LogP contribution in [0.2, 0.25) is 0 Å². The highest BCUT2D eigenvalue weighted by atomic mass is 16.2. The molecule has 1 amide bonds. The molecule has 0 bridgehead atoms. The van der Waals surface area contributed by atoms with Crippen molar-refractivity contribution in [1.82, 2.24) is 4.90 Å². The summed E-state index contributed by atoms with van der Waals surface area (Å²) >= 11 is 0. The molecule has 16 heavy (non-hydrogen) atoms. The van der Waals surface area contributed by atoms with E-state index in [-0.39, 0.29) is 5.91 Å². The molecule has 1 heterocycles. The molecule has 1 fully saturated rings. The van der Waals surface area contributed by atoms with E-state index in [2.05, 4.69) is 26.0 Å². The largest absolute Gasteiger partial charge is 0.337 e. The van der Waals surface area contributed by atoms with E-state index in [0.29, 0.717) is 12.5 Å². The first-order valence-electron chi connectivity index (χ1n) is 5.98. The van der Waals surface area contributed by atoms with Crippen molar-refractivity contribution in [2.45, 2.75) is 33.1 Å². The minimum absolute atomic E-state index is 0.0501. The van der Waals surface area contributed by atoms with Gasteiger partial charge in [-0.2, -0.15) is 5.26 Å². The second kappa shape index (κ2) is 3.93. The zero-order chi connectivity index (χ0) is 11.8. The summed E-state index contributed by atoms with van der Waals surface area (Å²) < 4.78 is 0. The van der Waals surface area contributed by atoms with Crippen molar-refractivity contribution in [3.05, 3.63) is 11.6 Å². The molecule has 0 saturated heterocycles. The van der Waals surface area contributed by atoms with Crippen molar-refractivity contribution in [2.75, 3.05) is 13.1 Å². The van der Waals surface area contributed by atoms with Crippen molar-refractivity contribution in [3.8, 4) is 6.07 Å². The maximum Gasteiger partial charge on any atom is 0.243 e. The SMILES string of the molecule is CC(C)C1=CCN(C(=O)C2(C#N)CC2)CC1. The molecule has 86 valence electrons. The van der Waals surface area contributed by atoms with Gasteiger partial charge in [-0.25, -0.2) is 0 Å². The Labute approximate surface area is 96.7 Å². The first kappa shape index (κ1) is 11.2. The number of rotatable bonds is 2. The van der Waals surface area contributed by atoms with Crippen LogP contribution in [0.1, 0.15) is 33.1 Å². The normalized spacial score (nSPS) is 22.6. The third-order valence-corrected chi connectivity index (χ3v) is 3.65.